The fourth-order valence-corrected chi connectivity index (χ4v) is 1.44. The minimum atomic E-state index is 0.911. The molecule has 1 aromatic rings. The molecule has 0 unspecified atom stereocenters. The van der Waals surface area contributed by atoms with E-state index in [-0.39, 0.29) is 0 Å². The number of rotatable bonds is 4. The van der Waals surface area contributed by atoms with Gasteiger partial charge in [-0.15, -0.1) is 0 Å². The van der Waals surface area contributed by atoms with Crippen molar-refractivity contribution in [2.45, 2.75) is 33.1 Å². The van der Waals surface area contributed by atoms with Gasteiger partial charge >= 0.3 is 0 Å². The predicted molar refractivity (Wildman–Crippen MR) is 57.3 cm³/mol. The van der Waals surface area contributed by atoms with Crippen LogP contribution in [0.4, 0.5) is 5.82 Å². The van der Waals surface area contributed by atoms with Crippen molar-refractivity contribution in [1.29, 1.82) is 0 Å². The molecule has 0 radical (unpaired) electrons. The molecule has 0 aromatic carbocycles. The highest BCUT2D eigenvalue weighted by Gasteiger charge is 2.20. The summed E-state index contributed by atoms with van der Waals surface area (Å²) in [6.45, 7) is 5.01. The Bertz CT molecular complexity index is 318. The van der Waals surface area contributed by atoms with Gasteiger partial charge in [0.2, 0.25) is 0 Å². The van der Waals surface area contributed by atoms with Crippen molar-refractivity contribution in [3.05, 3.63) is 17.6 Å². The summed E-state index contributed by atoms with van der Waals surface area (Å²) in [7, 11) is 0. The quantitative estimate of drug-likeness (QED) is 0.793. The van der Waals surface area contributed by atoms with Gasteiger partial charge in [-0.25, -0.2) is 4.98 Å². The minimum absolute atomic E-state index is 0.911. The first kappa shape index (κ1) is 9.44. The summed E-state index contributed by atoms with van der Waals surface area (Å²) in [6.07, 6.45) is 5.92. The van der Waals surface area contributed by atoms with Crippen LogP contribution in [0, 0.1) is 19.8 Å². The first-order chi connectivity index (χ1) is 6.75. The van der Waals surface area contributed by atoms with Gasteiger partial charge in [0.1, 0.15) is 5.82 Å². The van der Waals surface area contributed by atoms with E-state index in [9.17, 15) is 0 Å². The summed E-state index contributed by atoms with van der Waals surface area (Å²) in [5, 5.41) is 3.31. The van der Waals surface area contributed by atoms with E-state index in [0.717, 1.165) is 29.7 Å². The average molecular weight is 191 g/mol. The molecule has 1 saturated carbocycles. The zero-order chi connectivity index (χ0) is 9.97. The molecule has 3 heteroatoms. The number of aromatic nitrogens is 2. The van der Waals surface area contributed by atoms with Gasteiger partial charge in [0.15, 0.2) is 0 Å². The van der Waals surface area contributed by atoms with Crippen LogP contribution < -0.4 is 5.32 Å². The molecule has 1 aliphatic rings. The molecule has 14 heavy (non-hydrogen) atoms. The van der Waals surface area contributed by atoms with Gasteiger partial charge in [-0.2, -0.15) is 0 Å². The largest absolute Gasteiger partial charge is 0.369 e. The Kier molecular flexibility index (Phi) is 2.66. The van der Waals surface area contributed by atoms with Crippen LogP contribution >= 0.6 is 0 Å². The van der Waals surface area contributed by atoms with Crippen LogP contribution in [0.2, 0.25) is 0 Å². The molecule has 1 aliphatic carbocycles. The third-order valence-electron chi connectivity index (χ3n) is 2.75. The SMILES string of the molecule is Cc1ncc(NCCC2CC2)nc1C. The van der Waals surface area contributed by atoms with E-state index in [0.29, 0.717) is 0 Å². The van der Waals surface area contributed by atoms with E-state index < -0.39 is 0 Å². The molecular weight excluding hydrogens is 174 g/mol. The molecule has 1 heterocycles. The Morgan fingerprint density at radius 3 is 2.79 bits per heavy atom. The zero-order valence-electron chi connectivity index (χ0n) is 8.88. The van der Waals surface area contributed by atoms with Gasteiger partial charge in [0, 0.05) is 6.54 Å². The smallest absolute Gasteiger partial charge is 0.144 e. The topological polar surface area (TPSA) is 37.8 Å². The van der Waals surface area contributed by atoms with Crippen molar-refractivity contribution in [1.82, 2.24) is 9.97 Å². The first-order valence-electron chi connectivity index (χ1n) is 5.30. The van der Waals surface area contributed by atoms with Gasteiger partial charge in [0.05, 0.1) is 17.6 Å². The maximum Gasteiger partial charge on any atom is 0.144 e. The van der Waals surface area contributed by atoms with Crippen molar-refractivity contribution in [2.24, 2.45) is 5.92 Å². The van der Waals surface area contributed by atoms with Crippen LogP contribution in [0.1, 0.15) is 30.7 Å². The Morgan fingerprint density at radius 1 is 1.36 bits per heavy atom. The number of hydrogen-bond donors (Lipinski definition) is 1. The Morgan fingerprint density at radius 2 is 2.14 bits per heavy atom. The molecule has 0 bridgehead atoms. The highest BCUT2D eigenvalue weighted by Crippen LogP contribution is 2.31. The van der Waals surface area contributed by atoms with Crippen molar-refractivity contribution in [2.75, 3.05) is 11.9 Å². The van der Waals surface area contributed by atoms with Crippen molar-refractivity contribution in [3.63, 3.8) is 0 Å². The predicted octanol–water partition coefficient (Wildman–Crippen LogP) is 2.31. The summed E-state index contributed by atoms with van der Waals surface area (Å²) < 4.78 is 0. The van der Waals surface area contributed by atoms with Crippen LogP contribution in [-0.4, -0.2) is 16.5 Å². The summed E-state index contributed by atoms with van der Waals surface area (Å²) in [5.41, 5.74) is 2.03. The molecule has 0 amide bonds. The van der Waals surface area contributed by atoms with Gasteiger partial charge < -0.3 is 5.32 Å². The molecular formula is C11H17N3. The van der Waals surface area contributed by atoms with Crippen LogP contribution in [-0.2, 0) is 0 Å². The number of anilines is 1. The molecule has 3 nitrogen and oxygen atoms in total. The Labute approximate surface area is 85.0 Å². The Balaban J connectivity index is 1.85. The number of nitrogens with zero attached hydrogens (tertiary/aromatic N) is 2. The number of nitrogens with one attached hydrogen (secondary N) is 1. The zero-order valence-corrected chi connectivity index (χ0v) is 8.88. The highest BCUT2D eigenvalue weighted by molar-refractivity contribution is 5.33. The molecule has 1 fully saturated rings. The highest BCUT2D eigenvalue weighted by atomic mass is 15.0. The van der Waals surface area contributed by atoms with Gasteiger partial charge in [-0.1, -0.05) is 12.8 Å². The van der Waals surface area contributed by atoms with Crippen LogP contribution in [0.5, 0.6) is 0 Å². The lowest BCUT2D eigenvalue weighted by molar-refractivity contribution is 0.757. The van der Waals surface area contributed by atoms with E-state index in [2.05, 4.69) is 15.3 Å². The van der Waals surface area contributed by atoms with E-state index in [1.165, 1.54) is 19.3 Å². The van der Waals surface area contributed by atoms with E-state index in [4.69, 9.17) is 0 Å². The summed E-state index contributed by atoms with van der Waals surface area (Å²) in [6, 6.07) is 0. The second-order valence-corrected chi connectivity index (χ2v) is 4.08. The van der Waals surface area contributed by atoms with E-state index in [1.807, 2.05) is 20.0 Å². The second kappa shape index (κ2) is 3.95. The van der Waals surface area contributed by atoms with Gasteiger partial charge in [-0.05, 0) is 26.2 Å². The fraction of sp³-hybridized carbons (Fsp3) is 0.636. The van der Waals surface area contributed by atoms with Gasteiger partial charge in [-0.3, -0.25) is 4.98 Å². The fourth-order valence-electron chi connectivity index (χ4n) is 1.44. The molecule has 2 rings (SSSR count). The van der Waals surface area contributed by atoms with Crippen molar-refractivity contribution >= 4 is 5.82 Å². The monoisotopic (exact) mass is 191 g/mol. The van der Waals surface area contributed by atoms with Gasteiger partial charge in [0.25, 0.3) is 0 Å². The minimum Gasteiger partial charge on any atom is -0.369 e. The van der Waals surface area contributed by atoms with Crippen molar-refractivity contribution < 1.29 is 0 Å². The summed E-state index contributed by atoms with van der Waals surface area (Å²) in [4.78, 5) is 8.68. The molecule has 76 valence electrons. The van der Waals surface area contributed by atoms with Crippen molar-refractivity contribution in [3.8, 4) is 0 Å². The van der Waals surface area contributed by atoms with Crippen LogP contribution in [0.3, 0.4) is 0 Å². The molecule has 0 aliphatic heterocycles. The maximum absolute atomic E-state index is 4.42. The number of aryl methyl sites for hydroxylation is 2. The third kappa shape index (κ3) is 2.44. The first-order valence-corrected chi connectivity index (χ1v) is 5.30. The Hall–Kier alpha value is -1.12. The van der Waals surface area contributed by atoms with Crippen LogP contribution in [0.25, 0.3) is 0 Å². The number of hydrogen-bond acceptors (Lipinski definition) is 3. The second-order valence-electron chi connectivity index (χ2n) is 4.08. The molecule has 0 spiro atoms. The normalized spacial score (nSPS) is 15.6. The summed E-state index contributed by atoms with van der Waals surface area (Å²) >= 11 is 0. The van der Waals surface area contributed by atoms with Crippen LogP contribution in [0.15, 0.2) is 6.20 Å². The van der Waals surface area contributed by atoms with E-state index in [1.54, 1.807) is 0 Å². The third-order valence-corrected chi connectivity index (χ3v) is 2.75. The molecule has 1 aromatic heterocycles. The maximum atomic E-state index is 4.42. The molecule has 1 N–H and O–H groups in total. The lowest BCUT2D eigenvalue weighted by Gasteiger charge is -2.06. The average Bonchev–Trinajstić information content (AvgIpc) is 2.95. The summed E-state index contributed by atoms with van der Waals surface area (Å²) in [5.74, 6) is 1.88. The molecule has 0 atom stereocenters. The van der Waals surface area contributed by atoms with E-state index >= 15 is 0 Å². The standard InChI is InChI=1S/C11H17N3/c1-8-9(2)14-11(7-13-8)12-6-5-10-3-4-10/h7,10H,3-6H2,1-2H3,(H,12,14). The lowest BCUT2D eigenvalue weighted by Crippen LogP contribution is -2.05. The molecule has 0 saturated heterocycles. The lowest BCUT2D eigenvalue weighted by atomic mass is 10.3.